The Bertz CT molecular complexity index is 831. The number of nitrogens with one attached hydrogen (secondary N) is 2. The Kier molecular flexibility index (Phi) is 3.12. The Morgan fingerprint density at radius 2 is 1.14 bits per heavy atom. The van der Waals surface area contributed by atoms with Crippen LogP contribution in [0.1, 0.15) is 0 Å². The van der Waals surface area contributed by atoms with Crippen LogP contribution in [0.4, 0.5) is 0 Å². The summed E-state index contributed by atoms with van der Waals surface area (Å²) in [6.45, 7) is 1.54. The van der Waals surface area contributed by atoms with E-state index in [0.717, 1.165) is 35.2 Å². The van der Waals surface area contributed by atoms with Crippen molar-refractivity contribution in [3.05, 3.63) is 61.2 Å². The third kappa shape index (κ3) is 2.24. The third-order valence-electron chi connectivity index (χ3n) is 3.60. The van der Waals surface area contributed by atoms with Crippen molar-refractivity contribution in [1.82, 2.24) is 19.3 Å². The van der Waals surface area contributed by atoms with Gasteiger partial charge in [-0.05, 0) is 24.3 Å². The maximum Gasteiger partial charge on any atom is 0.115 e. The van der Waals surface area contributed by atoms with E-state index in [1.807, 2.05) is 57.9 Å². The minimum absolute atomic E-state index is 0.771. The van der Waals surface area contributed by atoms with Crippen LogP contribution in [0.2, 0.25) is 0 Å². The van der Waals surface area contributed by atoms with Gasteiger partial charge in [-0.1, -0.05) is 24.3 Å². The number of imidazole rings is 2. The summed E-state index contributed by atoms with van der Waals surface area (Å²) in [6.07, 6.45) is 3.61. The molecule has 0 saturated heterocycles. The minimum atomic E-state index is 0.771. The number of aromatic nitrogens is 4. The molecule has 0 aliphatic heterocycles. The largest absolute Gasteiger partial charge is 0.323 e. The SMILES string of the molecule is c1ccc2c(c1)ncn2NCCNn1cnc2ccccc21. The molecular weight excluding hydrogens is 276 g/mol. The van der Waals surface area contributed by atoms with E-state index in [9.17, 15) is 0 Å². The Labute approximate surface area is 127 Å². The fourth-order valence-corrected chi connectivity index (χ4v) is 2.52. The molecule has 6 heteroatoms. The molecule has 2 aromatic carbocycles. The van der Waals surface area contributed by atoms with Gasteiger partial charge in [-0.3, -0.25) is 0 Å². The van der Waals surface area contributed by atoms with Crippen molar-refractivity contribution in [2.45, 2.75) is 0 Å². The van der Waals surface area contributed by atoms with Crippen molar-refractivity contribution in [1.29, 1.82) is 0 Å². The number of rotatable bonds is 5. The quantitative estimate of drug-likeness (QED) is 0.554. The van der Waals surface area contributed by atoms with Crippen molar-refractivity contribution in [3.8, 4) is 0 Å². The second kappa shape index (κ2) is 5.40. The maximum absolute atomic E-state index is 4.35. The molecule has 0 unspecified atom stereocenters. The maximum atomic E-state index is 4.35. The standard InChI is InChI=1S/C16H16N6/c1-3-7-15-13(5-1)17-11-21(15)19-9-10-20-22-12-18-14-6-2-4-8-16(14)22/h1-8,11-12,19-20H,9-10H2. The highest BCUT2D eigenvalue weighted by Gasteiger charge is 2.01. The summed E-state index contributed by atoms with van der Waals surface area (Å²) in [5.74, 6) is 0. The van der Waals surface area contributed by atoms with Gasteiger partial charge in [0.15, 0.2) is 0 Å². The lowest BCUT2D eigenvalue weighted by Gasteiger charge is -2.11. The number of hydrogen-bond acceptors (Lipinski definition) is 4. The van der Waals surface area contributed by atoms with Crippen molar-refractivity contribution in [2.75, 3.05) is 23.9 Å². The van der Waals surface area contributed by atoms with Gasteiger partial charge in [-0.2, -0.15) is 0 Å². The van der Waals surface area contributed by atoms with E-state index >= 15 is 0 Å². The topological polar surface area (TPSA) is 59.7 Å². The number of nitrogens with zero attached hydrogens (tertiary/aromatic N) is 4. The van der Waals surface area contributed by atoms with Gasteiger partial charge in [-0.25, -0.2) is 19.3 Å². The summed E-state index contributed by atoms with van der Waals surface area (Å²) in [4.78, 5) is 8.71. The van der Waals surface area contributed by atoms with E-state index in [4.69, 9.17) is 0 Å². The molecule has 0 saturated carbocycles. The summed E-state index contributed by atoms with van der Waals surface area (Å²) in [5, 5.41) is 0. The molecule has 2 heterocycles. The number of benzene rings is 2. The molecule has 0 bridgehead atoms. The first-order valence-electron chi connectivity index (χ1n) is 7.24. The van der Waals surface area contributed by atoms with Gasteiger partial charge in [0, 0.05) is 0 Å². The zero-order chi connectivity index (χ0) is 14.8. The molecule has 110 valence electrons. The van der Waals surface area contributed by atoms with Crippen LogP contribution in [0.15, 0.2) is 61.2 Å². The summed E-state index contributed by atoms with van der Waals surface area (Å²) < 4.78 is 3.89. The molecule has 0 fully saturated rings. The first kappa shape index (κ1) is 12.7. The van der Waals surface area contributed by atoms with Crippen LogP contribution in [-0.4, -0.2) is 32.4 Å². The lowest BCUT2D eigenvalue weighted by molar-refractivity contribution is 0.803. The predicted octanol–water partition coefficient (Wildman–Crippen LogP) is 2.17. The molecule has 0 aliphatic rings. The van der Waals surface area contributed by atoms with Crippen LogP contribution in [0, 0.1) is 0 Å². The summed E-state index contributed by atoms with van der Waals surface area (Å²) >= 11 is 0. The van der Waals surface area contributed by atoms with E-state index in [-0.39, 0.29) is 0 Å². The van der Waals surface area contributed by atoms with Crippen molar-refractivity contribution in [3.63, 3.8) is 0 Å². The molecule has 0 amide bonds. The second-order valence-corrected chi connectivity index (χ2v) is 5.02. The Morgan fingerprint density at radius 3 is 1.64 bits per heavy atom. The number of fused-ring (bicyclic) bond motifs is 2. The normalized spacial score (nSPS) is 11.1. The van der Waals surface area contributed by atoms with Crippen LogP contribution >= 0.6 is 0 Å². The van der Waals surface area contributed by atoms with Crippen LogP contribution in [0.25, 0.3) is 22.1 Å². The molecule has 4 rings (SSSR count). The van der Waals surface area contributed by atoms with Crippen molar-refractivity contribution < 1.29 is 0 Å². The molecule has 0 aliphatic carbocycles. The first-order valence-corrected chi connectivity index (χ1v) is 7.24. The van der Waals surface area contributed by atoms with Crippen LogP contribution < -0.4 is 10.9 Å². The van der Waals surface area contributed by atoms with Gasteiger partial charge in [0.2, 0.25) is 0 Å². The van der Waals surface area contributed by atoms with E-state index in [1.165, 1.54) is 0 Å². The summed E-state index contributed by atoms with van der Waals surface area (Å²) in [5.41, 5.74) is 10.8. The molecule has 4 aromatic rings. The highest BCUT2D eigenvalue weighted by Crippen LogP contribution is 2.10. The van der Waals surface area contributed by atoms with E-state index in [1.54, 1.807) is 12.7 Å². The zero-order valence-electron chi connectivity index (χ0n) is 12.0. The van der Waals surface area contributed by atoms with E-state index in [0.29, 0.717) is 0 Å². The Morgan fingerprint density at radius 1 is 0.682 bits per heavy atom. The smallest absolute Gasteiger partial charge is 0.115 e. The lowest BCUT2D eigenvalue weighted by Crippen LogP contribution is -2.25. The number of hydrogen-bond donors (Lipinski definition) is 2. The minimum Gasteiger partial charge on any atom is -0.323 e. The van der Waals surface area contributed by atoms with Crippen LogP contribution in [0.3, 0.4) is 0 Å². The van der Waals surface area contributed by atoms with Gasteiger partial charge >= 0.3 is 0 Å². The average molecular weight is 292 g/mol. The lowest BCUT2D eigenvalue weighted by atomic mass is 10.3. The molecule has 0 atom stereocenters. The third-order valence-corrected chi connectivity index (χ3v) is 3.60. The molecular formula is C16H16N6. The average Bonchev–Trinajstić information content (AvgIpc) is 3.16. The monoisotopic (exact) mass is 292 g/mol. The molecule has 22 heavy (non-hydrogen) atoms. The predicted molar refractivity (Wildman–Crippen MR) is 87.9 cm³/mol. The highest BCUT2D eigenvalue weighted by atomic mass is 15.5. The van der Waals surface area contributed by atoms with Gasteiger partial charge in [-0.15, -0.1) is 0 Å². The molecule has 2 aromatic heterocycles. The molecule has 0 radical (unpaired) electrons. The van der Waals surface area contributed by atoms with Gasteiger partial charge in [0.1, 0.15) is 12.7 Å². The molecule has 0 spiro atoms. The van der Waals surface area contributed by atoms with Crippen molar-refractivity contribution in [2.24, 2.45) is 0 Å². The van der Waals surface area contributed by atoms with E-state index < -0.39 is 0 Å². The fraction of sp³-hybridized carbons (Fsp3) is 0.125. The molecule has 6 nitrogen and oxygen atoms in total. The van der Waals surface area contributed by atoms with E-state index in [2.05, 4.69) is 20.8 Å². The fourth-order valence-electron chi connectivity index (χ4n) is 2.52. The second-order valence-electron chi connectivity index (χ2n) is 5.02. The molecule has 2 N–H and O–H groups in total. The van der Waals surface area contributed by atoms with Gasteiger partial charge in [0.05, 0.1) is 35.2 Å². The van der Waals surface area contributed by atoms with Crippen molar-refractivity contribution >= 4 is 22.1 Å². The highest BCUT2D eigenvalue weighted by molar-refractivity contribution is 5.75. The first-order chi connectivity index (χ1) is 10.9. The number of para-hydroxylation sites is 4. The Hall–Kier alpha value is -3.02. The summed E-state index contributed by atoms with van der Waals surface area (Å²) in [6, 6.07) is 16.1. The van der Waals surface area contributed by atoms with Gasteiger partial charge in [0.25, 0.3) is 0 Å². The van der Waals surface area contributed by atoms with Crippen LogP contribution in [0.5, 0.6) is 0 Å². The van der Waals surface area contributed by atoms with Crippen LogP contribution in [-0.2, 0) is 0 Å². The zero-order valence-corrected chi connectivity index (χ0v) is 12.0. The summed E-state index contributed by atoms with van der Waals surface area (Å²) in [7, 11) is 0. The van der Waals surface area contributed by atoms with Gasteiger partial charge < -0.3 is 10.9 Å². The Balaban J connectivity index is 1.39.